The van der Waals surface area contributed by atoms with Crippen LogP contribution >= 0.6 is 11.6 Å². The Bertz CT molecular complexity index is 448. The van der Waals surface area contributed by atoms with Crippen molar-refractivity contribution in [2.45, 2.75) is 18.9 Å². The van der Waals surface area contributed by atoms with E-state index in [4.69, 9.17) is 26.8 Å². The minimum atomic E-state index is -0.257. The van der Waals surface area contributed by atoms with Crippen LogP contribution in [0, 0.1) is 0 Å². The quantitative estimate of drug-likeness (QED) is 0.812. The molecule has 1 aromatic rings. The normalized spacial score (nSPS) is 18.5. The molecule has 1 aromatic carbocycles. The van der Waals surface area contributed by atoms with Gasteiger partial charge in [-0.05, 0) is 31.0 Å². The first-order valence-corrected chi connectivity index (χ1v) is 6.57. The molecule has 0 spiro atoms. The van der Waals surface area contributed by atoms with Crippen LogP contribution in [0.3, 0.4) is 0 Å². The Hall–Kier alpha value is -1.30. The number of halogens is 1. The standard InChI is InChI=1S/C13H17ClN2O3/c14-9-3-4-11(15)12(6-9)16-13(17)8-18-7-10-2-1-5-19-10/h3-4,6,10H,1-2,5,7-8,15H2,(H,16,17). The number of nitrogen functional groups attached to an aromatic ring is 1. The number of rotatable bonds is 5. The van der Waals surface area contributed by atoms with Gasteiger partial charge in [-0.1, -0.05) is 11.6 Å². The summed E-state index contributed by atoms with van der Waals surface area (Å²) in [5.74, 6) is -0.257. The van der Waals surface area contributed by atoms with Crippen molar-refractivity contribution in [2.75, 3.05) is 30.9 Å². The molecule has 19 heavy (non-hydrogen) atoms. The Balaban J connectivity index is 1.75. The van der Waals surface area contributed by atoms with Crippen LogP contribution in [0.2, 0.25) is 5.02 Å². The first kappa shape index (κ1) is 14.1. The van der Waals surface area contributed by atoms with Gasteiger partial charge in [0.25, 0.3) is 0 Å². The number of ether oxygens (including phenoxy) is 2. The number of amides is 1. The number of benzene rings is 1. The monoisotopic (exact) mass is 284 g/mol. The highest BCUT2D eigenvalue weighted by molar-refractivity contribution is 6.31. The van der Waals surface area contributed by atoms with Gasteiger partial charge in [0.2, 0.25) is 5.91 Å². The molecule has 104 valence electrons. The molecule has 1 fully saturated rings. The molecule has 0 radical (unpaired) electrons. The maximum atomic E-state index is 11.7. The van der Waals surface area contributed by atoms with Crippen molar-refractivity contribution < 1.29 is 14.3 Å². The maximum Gasteiger partial charge on any atom is 0.250 e. The molecule has 6 heteroatoms. The summed E-state index contributed by atoms with van der Waals surface area (Å²) in [5, 5.41) is 3.18. The van der Waals surface area contributed by atoms with E-state index in [1.54, 1.807) is 18.2 Å². The molecular weight excluding hydrogens is 268 g/mol. The second kappa shape index (κ2) is 6.75. The van der Waals surface area contributed by atoms with E-state index in [2.05, 4.69) is 5.32 Å². The summed E-state index contributed by atoms with van der Waals surface area (Å²) in [5.41, 5.74) is 6.70. The van der Waals surface area contributed by atoms with E-state index in [-0.39, 0.29) is 18.6 Å². The molecule has 1 unspecified atom stereocenters. The molecule has 1 aliphatic rings. The summed E-state index contributed by atoms with van der Waals surface area (Å²) in [6.07, 6.45) is 2.16. The van der Waals surface area contributed by atoms with Gasteiger partial charge in [0.05, 0.1) is 24.1 Å². The van der Waals surface area contributed by atoms with Gasteiger partial charge >= 0.3 is 0 Å². The van der Waals surface area contributed by atoms with Gasteiger partial charge in [0.15, 0.2) is 0 Å². The van der Waals surface area contributed by atoms with Crippen LogP contribution in [0.1, 0.15) is 12.8 Å². The summed E-state index contributed by atoms with van der Waals surface area (Å²) >= 11 is 5.84. The third-order valence-corrected chi connectivity index (χ3v) is 3.09. The fraction of sp³-hybridized carbons (Fsp3) is 0.462. The van der Waals surface area contributed by atoms with Crippen molar-refractivity contribution in [2.24, 2.45) is 0 Å². The predicted octanol–water partition coefficient (Wildman–Crippen LogP) is 2.06. The molecule has 0 saturated carbocycles. The van der Waals surface area contributed by atoms with E-state index in [0.29, 0.717) is 23.0 Å². The van der Waals surface area contributed by atoms with Crippen molar-refractivity contribution in [3.05, 3.63) is 23.2 Å². The van der Waals surface area contributed by atoms with Gasteiger partial charge in [0, 0.05) is 11.6 Å². The van der Waals surface area contributed by atoms with E-state index in [1.807, 2.05) is 0 Å². The Labute approximate surface area is 117 Å². The van der Waals surface area contributed by atoms with E-state index in [9.17, 15) is 4.79 Å². The van der Waals surface area contributed by atoms with Crippen LogP contribution in [0.25, 0.3) is 0 Å². The molecule has 1 atom stereocenters. The number of carbonyl (C=O) groups excluding carboxylic acids is 1. The molecule has 1 aliphatic heterocycles. The number of carbonyl (C=O) groups is 1. The first-order valence-electron chi connectivity index (χ1n) is 6.19. The zero-order valence-electron chi connectivity index (χ0n) is 10.5. The molecule has 0 aromatic heterocycles. The highest BCUT2D eigenvalue weighted by atomic mass is 35.5. The molecule has 0 aliphatic carbocycles. The Kier molecular flexibility index (Phi) is 5.01. The Morgan fingerprint density at radius 1 is 1.58 bits per heavy atom. The minimum Gasteiger partial charge on any atom is -0.397 e. The van der Waals surface area contributed by atoms with Crippen molar-refractivity contribution in [3.8, 4) is 0 Å². The first-order chi connectivity index (χ1) is 9.15. The SMILES string of the molecule is Nc1ccc(Cl)cc1NC(=O)COCC1CCCO1. The molecule has 1 saturated heterocycles. The Morgan fingerprint density at radius 2 is 2.42 bits per heavy atom. The third kappa shape index (κ3) is 4.38. The lowest BCUT2D eigenvalue weighted by Crippen LogP contribution is -2.22. The number of anilines is 2. The third-order valence-electron chi connectivity index (χ3n) is 2.85. The van der Waals surface area contributed by atoms with E-state index in [1.165, 1.54) is 0 Å². The van der Waals surface area contributed by atoms with Crippen molar-refractivity contribution >= 4 is 28.9 Å². The summed E-state index contributed by atoms with van der Waals surface area (Å²) < 4.78 is 10.7. The van der Waals surface area contributed by atoms with Gasteiger partial charge in [-0.3, -0.25) is 4.79 Å². The minimum absolute atomic E-state index is 0.0220. The molecule has 5 nitrogen and oxygen atoms in total. The van der Waals surface area contributed by atoms with E-state index >= 15 is 0 Å². The smallest absolute Gasteiger partial charge is 0.250 e. The number of hydrogen-bond donors (Lipinski definition) is 2. The predicted molar refractivity (Wildman–Crippen MR) is 74.3 cm³/mol. The largest absolute Gasteiger partial charge is 0.397 e. The lowest BCUT2D eigenvalue weighted by Gasteiger charge is -2.11. The van der Waals surface area contributed by atoms with Gasteiger partial charge < -0.3 is 20.5 Å². The topological polar surface area (TPSA) is 73.6 Å². The summed E-state index contributed by atoms with van der Waals surface area (Å²) in [4.78, 5) is 11.7. The average molecular weight is 285 g/mol. The fourth-order valence-corrected chi connectivity index (χ4v) is 2.05. The van der Waals surface area contributed by atoms with Crippen molar-refractivity contribution in [3.63, 3.8) is 0 Å². The number of hydrogen-bond acceptors (Lipinski definition) is 4. The van der Waals surface area contributed by atoms with Gasteiger partial charge in [0.1, 0.15) is 6.61 Å². The van der Waals surface area contributed by atoms with Crippen LogP contribution in [-0.4, -0.2) is 31.8 Å². The van der Waals surface area contributed by atoms with Crippen molar-refractivity contribution in [1.29, 1.82) is 0 Å². The van der Waals surface area contributed by atoms with E-state index in [0.717, 1.165) is 19.4 Å². The fourth-order valence-electron chi connectivity index (χ4n) is 1.88. The lowest BCUT2D eigenvalue weighted by molar-refractivity contribution is -0.121. The summed E-state index contributed by atoms with van der Waals surface area (Å²) in [6, 6.07) is 4.92. The van der Waals surface area contributed by atoms with Crippen LogP contribution in [0.5, 0.6) is 0 Å². The van der Waals surface area contributed by atoms with Crippen LogP contribution in [-0.2, 0) is 14.3 Å². The zero-order valence-corrected chi connectivity index (χ0v) is 11.3. The highest BCUT2D eigenvalue weighted by Crippen LogP contribution is 2.22. The molecule has 3 N–H and O–H groups in total. The average Bonchev–Trinajstić information content (AvgIpc) is 2.87. The van der Waals surface area contributed by atoms with Crippen LogP contribution in [0.4, 0.5) is 11.4 Å². The van der Waals surface area contributed by atoms with E-state index < -0.39 is 0 Å². The molecule has 1 heterocycles. The van der Waals surface area contributed by atoms with Gasteiger partial charge in [-0.25, -0.2) is 0 Å². The highest BCUT2D eigenvalue weighted by Gasteiger charge is 2.16. The van der Waals surface area contributed by atoms with Gasteiger partial charge in [-0.2, -0.15) is 0 Å². The zero-order chi connectivity index (χ0) is 13.7. The molecular formula is C13H17ClN2O3. The van der Waals surface area contributed by atoms with Gasteiger partial charge in [-0.15, -0.1) is 0 Å². The number of nitrogens with two attached hydrogens (primary N) is 1. The van der Waals surface area contributed by atoms with Crippen LogP contribution in [0.15, 0.2) is 18.2 Å². The lowest BCUT2D eigenvalue weighted by atomic mass is 10.2. The maximum absolute atomic E-state index is 11.7. The van der Waals surface area contributed by atoms with Crippen LogP contribution < -0.4 is 11.1 Å². The van der Waals surface area contributed by atoms with Crippen molar-refractivity contribution in [1.82, 2.24) is 0 Å². The molecule has 2 rings (SSSR count). The Morgan fingerprint density at radius 3 is 3.16 bits per heavy atom. The second-order valence-corrected chi connectivity index (χ2v) is 4.87. The molecule has 0 bridgehead atoms. The summed E-state index contributed by atoms with van der Waals surface area (Å²) in [7, 11) is 0. The number of nitrogens with one attached hydrogen (secondary N) is 1. The molecule has 1 amide bonds. The summed E-state index contributed by atoms with van der Waals surface area (Å²) in [6.45, 7) is 1.20. The second-order valence-electron chi connectivity index (χ2n) is 4.43.